The van der Waals surface area contributed by atoms with Gasteiger partial charge in [-0.25, -0.2) is 0 Å². The van der Waals surface area contributed by atoms with Crippen LogP contribution >= 0.6 is 0 Å². The van der Waals surface area contributed by atoms with Gasteiger partial charge >= 0.3 is 0 Å². The number of carbonyl (C=O) groups excluding carboxylic acids is 1. The maximum Gasteiger partial charge on any atom is 0.221 e. The number of likely N-dealkylation sites (N-methyl/N-ethyl adjacent to an activating group) is 1. The number of aryl methyl sites for hydroxylation is 2. The number of unbranched alkanes of at least 4 members (excludes halogenated alkanes) is 1. The molecule has 1 amide bonds. The lowest BCUT2D eigenvalue weighted by Gasteiger charge is -2.21. The number of nitrogens with zero attached hydrogens (tertiary/aromatic N) is 1. The van der Waals surface area contributed by atoms with Crippen molar-refractivity contribution in [2.45, 2.75) is 44.9 Å². The summed E-state index contributed by atoms with van der Waals surface area (Å²) in [7, 11) is 2.24. The van der Waals surface area contributed by atoms with E-state index in [0.29, 0.717) is 5.92 Å². The summed E-state index contributed by atoms with van der Waals surface area (Å²) in [5.74, 6) is 0.686. The summed E-state index contributed by atoms with van der Waals surface area (Å²) in [4.78, 5) is 13.8. The van der Waals surface area contributed by atoms with Crippen LogP contribution in [0.5, 0.6) is 0 Å². The maximum absolute atomic E-state index is 11.3. The Morgan fingerprint density at radius 3 is 2.73 bits per heavy atom. The van der Waals surface area contributed by atoms with Gasteiger partial charge in [0.05, 0.1) is 0 Å². The largest absolute Gasteiger partial charge is 0.326 e. The summed E-state index contributed by atoms with van der Waals surface area (Å²) in [6, 6.07) is 17.0. The van der Waals surface area contributed by atoms with Crippen molar-refractivity contribution in [3.63, 3.8) is 0 Å². The summed E-state index contributed by atoms with van der Waals surface area (Å²) in [5, 5.41) is 2.93. The van der Waals surface area contributed by atoms with Crippen LogP contribution in [0.25, 0.3) is 0 Å². The van der Waals surface area contributed by atoms with Gasteiger partial charge in [0.2, 0.25) is 5.91 Å². The van der Waals surface area contributed by atoms with Crippen LogP contribution in [-0.2, 0) is 17.6 Å². The topological polar surface area (TPSA) is 32.3 Å². The van der Waals surface area contributed by atoms with Crippen molar-refractivity contribution < 1.29 is 4.79 Å². The fourth-order valence-corrected chi connectivity index (χ4v) is 4.05. The lowest BCUT2D eigenvalue weighted by Crippen LogP contribution is -2.25. The van der Waals surface area contributed by atoms with E-state index in [9.17, 15) is 4.79 Å². The van der Waals surface area contributed by atoms with Crippen LogP contribution in [0.3, 0.4) is 0 Å². The monoisotopic (exact) mass is 350 g/mol. The molecule has 1 unspecified atom stereocenters. The Hall–Kier alpha value is -2.13. The summed E-state index contributed by atoms with van der Waals surface area (Å²) < 4.78 is 0. The van der Waals surface area contributed by atoms with Crippen molar-refractivity contribution in [3.05, 3.63) is 65.2 Å². The number of fused-ring (bicyclic) bond motifs is 1. The number of benzene rings is 2. The summed E-state index contributed by atoms with van der Waals surface area (Å²) in [6.45, 7) is 3.84. The van der Waals surface area contributed by atoms with Crippen LogP contribution in [0.15, 0.2) is 48.5 Å². The number of nitrogens with one attached hydrogen (secondary N) is 1. The molecule has 0 heterocycles. The highest BCUT2D eigenvalue weighted by molar-refractivity contribution is 5.89. The standard InChI is InChI=1S/C23H30N2O/c1-18(26)24-23-13-6-4-10-20(23)11-7-8-16-25(2)17-21-15-14-19-9-3-5-12-22(19)21/h3-6,9-10,12-13,21H,7-8,11,14-17H2,1-2H3,(H,24,26). The van der Waals surface area contributed by atoms with E-state index in [4.69, 9.17) is 0 Å². The molecular weight excluding hydrogens is 320 g/mol. The van der Waals surface area contributed by atoms with Gasteiger partial charge in [0.15, 0.2) is 0 Å². The van der Waals surface area contributed by atoms with Crippen molar-refractivity contribution in [3.8, 4) is 0 Å². The van der Waals surface area contributed by atoms with Crippen LogP contribution in [0.4, 0.5) is 5.69 Å². The fourth-order valence-electron chi connectivity index (χ4n) is 4.05. The SMILES string of the molecule is CC(=O)Nc1ccccc1CCCCN(C)CC1CCc2ccccc21. The molecule has 2 aromatic carbocycles. The van der Waals surface area contributed by atoms with Crippen molar-refractivity contribution in [2.75, 3.05) is 25.5 Å². The van der Waals surface area contributed by atoms with Gasteiger partial charge in [-0.3, -0.25) is 4.79 Å². The molecule has 3 rings (SSSR count). The molecule has 138 valence electrons. The van der Waals surface area contributed by atoms with Crippen LogP contribution in [-0.4, -0.2) is 30.9 Å². The summed E-state index contributed by atoms with van der Waals surface area (Å²) in [5.41, 5.74) is 5.29. The predicted octanol–water partition coefficient (Wildman–Crippen LogP) is 4.63. The molecule has 1 N–H and O–H groups in total. The molecule has 1 aliphatic carbocycles. The molecule has 0 saturated heterocycles. The Morgan fingerprint density at radius 1 is 1.12 bits per heavy atom. The second-order valence-electron chi connectivity index (χ2n) is 7.49. The highest BCUT2D eigenvalue weighted by Crippen LogP contribution is 2.33. The Labute approximate surface area is 157 Å². The quantitative estimate of drug-likeness (QED) is 0.704. The minimum atomic E-state index is -0.00553. The molecule has 0 spiro atoms. The van der Waals surface area contributed by atoms with E-state index in [2.05, 4.69) is 47.6 Å². The van der Waals surface area contributed by atoms with E-state index in [-0.39, 0.29) is 5.91 Å². The zero-order valence-corrected chi connectivity index (χ0v) is 16.0. The van der Waals surface area contributed by atoms with Crippen LogP contribution in [0.2, 0.25) is 0 Å². The lowest BCUT2D eigenvalue weighted by atomic mass is 10.0. The third kappa shape index (κ3) is 4.95. The molecule has 0 bridgehead atoms. The average molecular weight is 351 g/mol. The lowest BCUT2D eigenvalue weighted by molar-refractivity contribution is -0.114. The van der Waals surface area contributed by atoms with Crippen LogP contribution in [0.1, 0.15) is 48.8 Å². The Kier molecular flexibility index (Phi) is 6.45. The Bertz CT molecular complexity index is 740. The minimum Gasteiger partial charge on any atom is -0.326 e. The molecular formula is C23H30N2O. The second-order valence-corrected chi connectivity index (χ2v) is 7.49. The predicted molar refractivity (Wildman–Crippen MR) is 109 cm³/mol. The number of anilines is 1. The number of hydrogen-bond acceptors (Lipinski definition) is 2. The molecule has 0 fully saturated rings. The first kappa shape index (κ1) is 18.7. The fraction of sp³-hybridized carbons (Fsp3) is 0.435. The number of amides is 1. The third-order valence-electron chi connectivity index (χ3n) is 5.35. The van der Waals surface area contributed by atoms with E-state index in [1.165, 1.54) is 24.8 Å². The molecule has 3 nitrogen and oxygen atoms in total. The molecule has 0 aromatic heterocycles. The molecule has 0 radical (unpaired) electrons. The molecule has 0 aliphatic heterocycles. The van der Waals surface area contributed by atoms with Gasteiger partial charge in [-0.05, 0) is 74.4 Å². The Balaban J connectivity index is 1.42. The highest BCUT2D eigenvalue weighted by Gasteiger charge is 2.22. The van der Waals surface area contributed by atoms with Gasteiger partial charge in [-0.15, -0.1) is 0 Å². The average Bonchev–Trinajstić information content (AvgIpc) is 3.03. The van der Waals surface area contributed by atoms with E-state index in [0.717, 1.165) is 31.6 Å². The van der Waals surface area contributed by atoms with E-state index in [1.807, 2.05) is 18.2 Å². The van der Waals surface area contributed by atoms with E-state index >= 15 is 0 Å². The van der Waals surface area contributed by atoms with Gasteiger partial charge in [0.1, 0.15) is 0 Å². The summed E-state index contributed by atoms with van der Waals surface area (Å²) in [6.07, 6.45) is 5.85. The number of para-hydroxylation sites is 1. The normalized spacial score (nSPS) is 15.9. The van der Waals surface area contributed by atoms with Crippen molar-refractivity contribution in [1.29, 1.82) is 0 Å². The first-order valence-corrected chi connectivity index (χ1v) is 9.75. The number of hydrogen-bond donors (Lipinski definition) is 1. The van der Waals surface area contributed by atoms with Gasteiger partial charge in [0.25, 0.3) is 0 Å². The molecule has 1 atom stereocenters. The van der Waals surface area contributed by atoms with Gasteiger partial charge in [0, 0.05) is 19.2 Å². The zero-order valence-electron chi connectivity index (χ0n) is 16.0. The number of carbonyl (C=O) groups is 1. The maximum atomic E-state index is 11.3. The van der Waals surface area contributed by atoms with Crippen molar-refractivity contribution >= 4 is 11.6 Å². The Morgan fingerprint density at radius 2 is 1.88 bits per heavy atom. The van der Waals surface area contributed by atoms with Gasteiger partial charge in [-0.2, -0.15) is 0 Å². The molecule has 2 aromatic rings. The van der Waals surface area contributed by atoms with E-state index < -0.39 is 0 Å². The van der Waals surface area contributed by atoms with Crippen molar-refractivity contribution in [1.82, 2.24) is 4.90 Å². The molecule has 1 aliphatic rings. The minimum absolute atomic E-state index is 0.00553. The number of rotatable bonds is 8. The molecule has 26 heavy (non-hydrogen) atoms. The van der Waals surface area contributed by atoms with E-state index in [1.54, 1.807) is 18.1 Å². The zero-order chi connectivity index (χ0) is 18.4. The third-order valence-corrected chi connectivity index (χ3v) is 5.35. The first-order chi connectivity index (χ1) is 12.6. The van der Waals surface area contributed by atoms with Crippen LogP contribution in [0, 0.1) is 0 Å². The van der Waals surface area contributed by atoms with Crippen molar-refractivity contribution in [2.24, 2.45) is 0 Å². The highest BCUT2D eigenvalue weighted by atomic mass is 16.1. The van der Waals surface area contributed by atoms with Crippen LogP contribution < -0.4 is 5.32 Å². The summed E-state index contributed by atoms with van der Waals surface area (Å²) >= 11 is 0. The smallest absolute Gasteiger partial charge is 0.221 e. The van der Waals surface area contributed by atoms with Gasteiger partial charge < -0.3 is 10.2 Å². The first-order valence-electron chi connectivity index (χ1n) is 9.75. The van der Waals surface area contributed by atoms with Gasteiger partial charge in [-0.1, -0.05) is 42.5 Å². The molecule has 3 heteroatoms. The molecule has 0 saturated carbocycles. The second kappa shape index (κ2) is 9.00.